The van der Waals surface area contributed by atoms with Gasteiger partial charge in [-0.15, -0.1) is 12.4 Å². The van der Waals surface area contributed by atoms with Crippen LogP contribution in [0.1, 0.15) is 20.7 Å². The van der Waals surface area contributed by atoms with Gasteiger partial charge in [0.05, 0.1) is 16.8 Å². The second-order valence-corrected chi connectivity index (χ2v) is 3.56. The number of aromatic amines is 1. The molecule has 1 aliphatic heterocycles. The van der Waals surface area contributed by atoms with E-state index in [9.17, 15) is 9.59 Å². The number of hydrogen-bond acceptors (Lipinski definition) is 2. The van der Waals surface area contributed by atoms with Gasteiger partial charge in [0.15, 0.2) is 0 Å². The Hall–Kier alpha value is -2.07. The Balaban J connectivity index is 0.00000108. The topological polar surface area (TPSA) is 53.2 Å². The minimum Gasteiger partial charge on any atom is -0.366 e. The molecule has 0 unspecified atom stereocenters. The molecule has 0 spiro atoms. The van der Waals surface area contributed by atoms with E-state index in [-0.39, 0.29) is 24.2 Å². The normalized spacial score (nSPS) is 13.5. The second-order valence-electron chi connectivity index (χ2n) is 3.56. The predicted octanol–water partition coefficient (Wildman–Crippen LogP) is 2.24. The van der Waals surface area contributed by atoms with Crippen molar-refractivity contribution < 1.29 is 9.59 Å². The lowest BCUT2D eigenvalue weighted by atomic mass is 10.1. The van der Waals surface area contributed by atoms with Crippen molar-refractivity contribution in [3.8, 4) is 0 Å². The highest BCUT2D eigenvalue weighted by molar-refractivity contribution is 6.34. The zero-order chi connectivity index (χ0) is 11.1. The highest BCUT2D eigenvalue weighted by Gasteiger charge is 2.36. The van der Waals surface area contributed by atoms with E-state index < -0.39 is 0 Å². The van der Waals surface area contributed by atoms with Crippen LogP contribution in [0, 0.1) is 0 Å². The van der Waals surface area contributed by atoms with Gasteiger partial charge in [0, 0.05) is 12.4 Å². The fourth-order valence-electron chi connectivity index (χ4n) is 1.88. The molecule has 0 bridgehead atoms. The summed E-state index contributed by atoms with van der Waals surface area (Å²) in [4.78, 5) is 28.0. The summed E-state index contributed by atoms with van der Waals surface area (Å²) in [5.41, 5.74) is 1.51. The standard InChI is InChI=1S/C12H8N2O2.ClH/c15-11-9-3-1-2-4-10(9)12(16)14(11)8-5-6-13-7-8;/h1-7,13H;1H. The summed E-state index contributed by atoms with van der Waals surface area (Å²) in [6.07, 6.45) is 3.31. The molecule has 2 heterocycles. The van der Waals surface area contributed by atoms with Gasteiger partial charge in [-0.25, -0.2) is 4.90 Å². The largest absolute Gasteiger partial charge is 0.366 e. The number of nitrogens with zero attached hydrogens (tertiary/aromatic N) is 1. The number of aromatic nitrogens is 1. The number of fused-ring (bicyclic) bond motifs is 1. The van der Waals surface area contributed by atoms with Crippen LogP contribution >= 0.6 is 12.4 Å². The summed E-state index contributed by atoms with van der Waals surface area (Å²) >= 11 is 0. The van der Waals surface area contributed by atoms with E-state index >= 15 is 0 Å². The molecule has 86 valence electrons. The minimum absolute atomic E-state index is 0. The van der Waals surface area contributed by atoms with Crippen LogP contribution in [0.2, 0.25) is 0 Å². The first-order chi connectivity index (χ1) is 7.79. The van der Waals surface area contributed by atoms with E-state index in [4.69, 9.17) is 0 Å². The molecule has 0 aliphatic carbocycles. The predicted molar refractivity (Wildman–Crippen MR) is 65.6 cm³/mol. The van der Waals surface area contributed by atoms with Crippen molar-refractivity contribution in [2.45, 2.75) is 0 Å². The Morgan fingerprint density at radius 2 is 1.53 bits per heavy atom. The lowest BCUT2D eigenvalue weighted by molar-refractivity contribution is 0.0926. The number of anilines is 1. The van der Waals surface area contributed by atoms with Crippen LogP contribution in [0.3, 0.4) is 0 Å². The van der Waals surface area contributed by atoms with Crippen molar-refractivity contribution in [3.63, 3.8) is 0 Å². The number of carbonyl (C=O) groups is 2. The fourth-order valence-corrected chi connectivity index (χ4v) is 1.88. The molecule has 1 aromatic carbocycles. The molecular formula is C12H9ClN2O2. The van der Waals surface area contributed by atoms with Gasteiger partial charge in [-0.2, -0.15) is 0 Å². The monoisotopic (exact) mass is 248 g/mol. The number of H-pyrrole nitrogens is 1. The molecule has 17 heavy (non-hydrogen) atoms. The van der Waals surface area contributed by atoms with Gasteiger partial charge in [0.2, 0.25) is 0 Å². The molecular weight excluding hydrogens is 240 g/mol. The van der Waals surface area contributed by atoms with Gasteiger partial charge < -0.3 is 4.98 Å². The van der Waals surface area contributed by atoms with E-state index in [1.165, 1.54) is 4.90 Å². The number of benzene rings is 1. The second kappa shape index (κ2) is 4.07. The molecule has 5 heteroatoms. The van der Waals surface area contributed by atoms with E-state index in [2.05, 4.69) is 4.98 Å². The average Bonchev–Trinajstić information content (AvgIpc) is 2.89. The van der Waals surface area contributed by atoms with Gasteiger partial charge in [0.25, 0.3) is 11.8 Å². The SMILES string of the molecule is Cl.O=C1c2ccccc2C(=O)N1c1cc[nH]c1. The van der Waals surface area contributed by atoms with Crippen LogP contribution in [0.25, 0.3) is 0 Å². The lowest BCUT2D eigenvalue weighted by Gasteiger charge is -2.10. The first-order valence-electron chi connectivity index (χ1n) is 4.89. The van der Waals surface area contributed by atoms with Crippen molar-refractivity contribution in [3.05, 3.63) is 53.9 Å². The van der Waals surface area contributed by atoms with Crippen LogP contribution in [0.15, 0.2) is 42.7 Å². The van der Waals surface area contributed by atoms with Gasteiger partial charge >= 0.3 is 0 Å². The minimum atomic E-state index is -0.264. The number of imide groups is 1. The summed E-state index contributed by atoms with van der Waals surface area (Å²) in [5, 5.41) is 0. The van der Waals surface area contributed by atoms with Crippen molar-refractivity contribution in [1.82, 2.24) is 4.98 Å². The number of nitrogens with one attached hydrogen (secondary N) is 1. The van der Waals surface area contributed by atoms with E-state index in [0.717, 1.165) is 0 Å². The number of hydrogen-bond donors (Lipinski definition) is 1. The van der Waals surface area contributed by atoms with E-state index in [0.29, 0.717) is 16.8 Å². The summed E-state index contributed by atoms with van der Waals surface area (Å²) < 4.78 is 0. The maximum Gasteiger partial charge on any atom is 0.266 e. The Bertz CT molecular complexity index is 543. The number of carbonyl (C=O) groups excluding carboxylic acids is 2. The fraction of sp³-hybridized carbons (Fsp3) is 0. The third-order valence-corrected chi connectivity index (χ3v) is 2.63. The third kappa shape index (κ3) is 1.54. The van der Waals surface area contributed by atoms with Crippen LogP contribution in [-0.4, -0.2) is 16.8 Å². The van der Waals surface area contributed by atoms with Crippen molar-refractivity contribution in [2.75, 3.05) is 4.90 Å². The smallest absolute Gasteiger partial charge is 0.266 e. The zero-order valence-corrected chi connectivity index (χ0v) is 9.53. The highest BCUT2D eigenvalue weighted by Crippen LogP contribution is 2.27. The van der Waals surface area contributed by atoms with Gasteiger partial charge in [-0.05, 0) is 18.2 Å². The molecule has 1 N–H and O–H groups in total. The Labute approximate surface area is 104 Å². The summed E-state index contributed by atoms with van der Waals surface area (Å²) in [5.74, 6) is -0.527. The van der Waals surface area contributed by atoms with E-state index in [1.54, 1.807) is 42.7 Å². The van der Waals surface area contributed by atoms with Gasteiger partial charge in [-0.1, -0.05) is 12.1 Å². The molecule has 2 amide bonds. The lowest BCUT2D eigenvalue weighted by Crippen LogP contribution is -2.28. The molecule has 0 saturated carbocycles. The summed E-state index contributed by atoms with van der Waals surface area (Å²) in [6, 6.07) is 8.54. The first kappa shape index (κ1) is 11.4. The molecule has 0 fully saturated rings. The zero-order valence-electron chi connectivity index (χ0n) is 8.71. The highest BCUT2D eigenvalue weighted by atomic mass is 35.5. The van der Waals surface area contributed by atoms with Crippen LogP contribution in [0.4, 0.5) is 5.69 Å². The Kier molecular flexibility index (Phi) is 2.73. The number of halogens is 1. The Morgan fingerprint density at radius 3 is 2.00 bits per heavy atom. The molecule has 1 aromatic heterocycles. The van der Waals surface area contributed by atoms with E-state index in [1.807, 2.05) is 0 Å². The molecule has 0 radical (unpaired) electrons. The molecule has 0 atom stereocenters. The van der Waals surface area contributed by atoms with Gasteiger partial charge in [0.1, 0.15) is 0 Å². The first-order valence-corrected chi connectivity index (χ1v) is 4.89. The van der Waals surface area contributed by atoms with Crippen molar-refractivity contribution in [2.24, 2.45) is 0 Å². The van der Waals surface area contributed by atoms with Crippen molar-refractivity contribution in [1.29, 1.82) is 0 Å². The summed E-state index contributed by atoms with van der Waals surface area (Å²) in [7, 11) is 0. The van der Waals surface area contributed by atoms with Crippen LogP contribution in [-0.2, 0) is 0 Å². The number of amides is 2. The van der Waals surface area contributed by atoms with Crippen LogP contribution in [0.5, 0.6) is 0 Å². The molecule has 3 rings (SSSR count). The summed E-state index contributed by atoms with van der Waals surface area (Å²) in [6.45, 7) is 0. The quantitative estimate of drug-likeness (QED) is 0.787. The maximum atomic E-state index is 12.0. The Morgan fingerprint density at radius 1 is 0.941 bits per heavy atom. The molecule has 4 nitrogen and oxygen atoms in total. The van der Waals surface area contributed by atoms with Crippen molar-refractivity contribution >= 4 is 29.9 Å². The van der Waals surface area contributed by atoms with Crippen LogP contribution < -0.4 is 4.90 Å². The van der Waals surface area contributed by atoms with Gasteiger partial charge in [-0.3, -0.25) is 9.59 Å². The molecule has 1 aliphatic rings. The molecule has 2 aromatic rings. The molecule has 0 saturated heterocycles. The maximum absolute atomic E-state index is 12.0. The third-order valence-electron chi connectivity index (χ3n) is 2.63. The number of rotatable bonds is 1. The average molecular weight is 249 g/mol.